The quantitative estimate of drug-likeness (QED) is 0.619. The van der Waals surface area contributed by atoms with Gasteiger partial charge in [-0.15, -0.1) is 0 Å². The van der Waals surface area contributed by atoms with Gasteiger partial charge in [0.25, 0.3) is 0 Å². The summed E-state index contributed by atoms with van der Waals surface area (Å²) in [6.45, 7) is 3.95. The van der Waals surface area contributed by atoms with Crippen molar-refractivity contribution in [2.75, 3.05) is 31.1 Å². The van der Waals surface area contributed by atoms with Gasteiger partial charge in [-0.1, -0.05) is 6.07 Å². The van der Waals surface area contributed by atoms with Crippen LogP contribution in [0.3, 0.4) is 0 Å². The number of ether oxygens (including phenoxy) is 1. The van der Waals surface area contributed by atoms with E-state index in [9.17, 15) is 10.1 Å². The first-order valence-electron chi connectivity index (χ1n) is 10.4. The van der Waals surface area contributed by atoms with Gasteiger partial charge in [0.05, 0.1) is 23.9 Å². The molecule has 1 saturated heterocycles. The summed E-state index contributed by atoms with van der Waals surface area (Å²) in [6, 6.07) is 15.0. The van der Waals surface area contributed by atoms with Gasteiger partial charge in [0.2, 0.25) is 5.91 Å². The number of nitriles is 1. The number of pyridine rings is 2. The van der Waals surface area contributed by atoms with Gasteiger partial charge in [-0.25, -0.2) is 4.98 Å². The number of carbonyl (C=O) groups is 1. The van der Waals surface area contributed by atoms with E-state index in [2.05, 4.69) is 21.4 Å². The Morgan fingerprint density at radius 2 is 2.12 bits per heavy atom. The lowest BCUT2D eigenvalue weighted by Gasteiger charge is -2.28. The highest BCUT2D eigenvalue weighted by Crippen LogP contribution is 2.34. The highest BCUT2D eigenvalue weighted by atomic mass is 16.5. The van der Waals surface area contributed by atoms with Gasteiger partial charge in [-0.3, -0.25) is 9.78 Å². The molecule has 3 N–H and O–H groups in total. The van der Waals surface area contributed by atoms with E-state index < -0.39 is 0 Å². The van der Waals surface area contributed by atoms with Gasteiger partial charge in [0.1, 0.15) is 17.3 Å². The number of aryl methyl sites for hydroxylation is 1. The number of nitrogens with zero attached hydrogens (tertiary/aromatic N) is 4. The van der Waals surface area contributed by atoms with Crippen molar-refractivity contribution in [3.8, 4) is 28.8 Å². The predicted octanol–water partition coefficient (Wildman–Crippen LogP) is 2.55. The minimum atomic E-state index is -0.0322. The van der Waals surface area contributed by atoms with Crippen molar-refractivity contribution >= 4 is 11.7 Å². The molecule has 4 rings (SSSR count). The SMILES string of the molecule is Cc1cc(Oc2cc(C#N)ccc2-c2ccc(CCN)cn2)cc(N2CCNC(=O)C2)n1. The molecule has 3 aromatic rings. The molecule has 0 saturated carbocycles. The number of nitrogens with one attached hydrogen (secondary N) is 1. The molecule has 1 fully saturated rings. The molecule has 8 heteroatoms. The monoisotopic (exact) mass is 428 g/mol. The van der Waals surface area contributed by atoms with Crippen molar-refractivity contribution in [3.63, 3.8) is 0 Å². The number of aromatic nitrogens is 2. The first kappa shape index (κ1) is 21.3. The molecule has 0 spiro atoms. The number of amides is 1. The zero-order valence-electron chi connectivity index (χ0n) is 17.8. The Morgan fingerprint density at radius 3 is 2.84 bits per heavy atom. The van der Waals surface area contributed by atoms with E-state index in [0.717, 1.165) is 28.9 Å². The van der Waals surface area contributed by atoms with E-state index in [1.54, 1.807) is 18.3 Å². The van der Waals surface area contributed by atoms with Crippen molar-refractivity contribution in [2.45, 2.75) is 13.3 Å². The van der Waals surface area contributed by atoms with Crippen molar-refractivity contribution in [3.05, 3.63) is 65.5 Å². The molecule has 0 aliphatic carbocycles. The molecule has 0 atom stereocenters. The van der Waals surface area contributed by atoms with Gasteiger partial charge in [0, 0.05) is 42.7 Å². The number of anilines is 1. The largest absolute Gasteiger partial charge is 0.456 e. The number of hydrogen-bond donors (Lipinski definition) is 2. The Balaban J connectivity index is 1.68. The second kappa shape index (κ2) is 9.45. The highest BCUT2D eigenvalue weighted by Gasteiger charge is 2.19. The van der Waals surface area contributed by atoms with Gasteiger partial charge >= 0.3 is 0 Å². The van der Waals surface area contributed by atoms with Gasteiger partial charge in [-0.2, -0.15) is 5.26 Å². The van der Waals surface area contributed by atoms with Crippen LogP contribution in [0.2, 0.25) is 0 Å². The molecular weight excluding hydrogens is 404 g/mol. The van der Waals surface area contributed by atoms with Crippen LogP contribution in [0.15, 0.2) is 48.7 Å². The summed E-state index contributed by atoms with van der Waals surface area (Å²) < 4.78 is 6.24. The topological polar surface area (TPSA) is 117 Å². The summed E-state index contributed by atoms with van der Waals surface area (Å²) in [5.74, 6) is 1.75. The fraction of sp³-hybridized carbons (Fsp3) is 0.250. The first-order valence-corrected chi connectivity index (χ1v) is 10.4. The number of nitrogens with two attached hydrogens (primary N) is 1. The Bertz CT molecular complexity index is 1170. The lowest BCUT2D eigenvalue weighted by molar-refractivity contribution is -0.120. The lowest BCUT2D eigenvalue weighted by atomic mass is 10.1. The molecule has 1 aliphatic heterocycles. The zero-order chi connectivity index (χ0) is 22.5. The fourth-order valence-electron chi connectivity index (χ4n) is 3.59. The van der Waals surface area contributed by atoms with Gasteiger partial charge in [-0.05, 0) is 49.7 Å². The van der Waals surface area contributed by atoms with Crippen LogP contribution in [0.4, 0.5) is 5.82 Å². The van der Waals surface area contributed by atoms with Gasteiger partial charge in [0.15, 0.2) is 0 Å². The molecule has 162 valence electrons. The van der Waals surface area contributed by atoms with E-state index in [4.69, 9.17) is 10.5 Å². The molecule has 8 nitrogen and oxygen atoms in total. The van der Waals surface area contributed by atoms with E-state index in [1.807, 2.05) is 42.2 Å². The number of benzene rings is 1. The van der Waals surface area contributed by atoms with Crippen molar-refractivity contribution in [2.24, 2.45) is 5.73 Å². The standard InChI is InChI=1S/C24H24N6O2/c1-16-10-19(12-23(29-16)30-9-8-27-24(31)15-30)32-22-11-18(13-26)2-4-20(22)21-5-3-17(6-7-25)14-28-21/h2-5,10-12,14H,6-9,15,25H2,1H3,(H,27,31). The second-order valence-corrected chi connectivity index (χ2v) is 7.59. The minimum absolute atomic E-state index is 0.0322. The summed E-state index contributed by atoms with van der Waals surface area (Å²) in [5.41, 5.74) is 9.46. The lowest BCUT2D eigenvalue weighted by Crippen LogP contribution is -2.48. The van der Waals surface area contributed by atoms with Crippen LogP contribution in [-0.2, 0) is 11.2 Å². The van der Waals surface area contributed by atoms with Crippen LogP contribution in [0, 0.1) is 18.3 Å². The van der Waals surface area contributed by atoms with Crippen LogP contribution in [-0.4, -0.2) is 42.1 Å². The van der Waals surface area contributed by atoms with Crippen LogP contribution in [0.5, 0.6) is 11.5 Å². The zero-order valence-corrected chi connectivity index (χ0v) is 17.8. The molecule has 0 radical (unpaired) electrons. The summed E-state index contributed by atoms with van der Waals surface area (Å²) in [5, 5.41) is 12.2. The third-order valence-electron chi connectivity index (χ3n) is 5.15. The Morgan fingerprint density at radius 1 is 1.25 bits per heavy atom. The molecule has 2 aromatic heterocycles. The minimum Gasteiger partial charge on any atom is -0.456 e. The first-order chi connectivity index (χ1) is 15.6. The fourth-order valence-corrected chi connectivity index (χ4v) is 3.59. The van der Waals surface area contributed by atoms with Crippen LogP contribution < -0.4 is 20.7 Å². The maximum absolute atomic E-state index is 11.8. The van der Waals surface area contributed by atoms with Crippen LogP contribution >= 0.6 is 0 Å². The number of rotatable bonds is 6. The molecule has 1 amide bonds. The van der Waals surface area contributed by atoms with E-state index in [0.29, 0.717) is 42.5 Å². The normalized spacial score (nSPS) is 13.4. The van der Waals surface area contributed by atoms with Crippen molar-refractivity contribution in [1.29, 1.82) is 5.26 Å². The third kappa shape index (κ3) is 4.85. The smallest absolute Gasteiger partial charge is 0.239 e. The third-order valence-corrected chi connectivity index (χ3v) is 5.15. The molecule has 3 heterocycles. The summed E-state index contributed by atoms with van der Waals surface area (Å²) >= 11 is 0. The molecule has 32 heavy (non-hydrogen) atoms. The van der Waals surface area contributed by atoms with Crippen molar-refractivity contribution < 1.29 is 9.53 Å². The number of hydrogen-bond acceptors (Lipinski definition) is 7. The van der Waals surface area contributed by atoms with Gasteiger partial charge < -0.3 is 20.7 Å². The molecular formula is C24H24N6O2. The Kier molecular flexibility index (Phi) is 6.29. The van der Waals surface area contributed by atoms with Crippen molar-refractivity contribution in [1.82, 2.24) is 15.3 Å². The summed E-state index contributed by atoms with van der Waals surface area (Å²) in [6.07, 6.45) is 2.57. The average molecular weight is 428 g/mol. The molecule has 0 unspecified atom stereocenters. The predicted molar refractivity (Wildman–Crippen MR) is 121 cm³/mol. The van der Waals surface area contributed by atoms with Crippen LogP contribution in [0.1, 0.15) is 16.8 Å². The Hall–Kier alpha value is -3.96. The Labute approximate surface area is 186 Å². The number of carbonyl (C=O) groups excluding carboxylic acids is 1. The molecule has 1 aliphatic rings. The van der Waals surface area contributed by atoms with E-state index >= 15 is 0 Å². The summed E-state index contributed by atoms with van der Waals surface area (Å²) in [4.78, 5) is 22.8. The second-order valence-electron chi connectivity index (χ2n) is 7.59. The molecule has 1 aromatic carbocycles. The number of piperazine rings is 1. The summed E-state index contributed by atoms with van der Waals surface area (Å²) in [7, 11) is 0. The average Bonchev–Trinajstić information content (AvgIpc) is 2.79. The van der Waals surface area contributed by atoms with Crippen LogP contribution in [0.25, 0.3) is 11.3 Å². The highest BCUT2D eigenvalue weighted by molar-refractivity contribution is 5.82. The maximum Gasteiger partial charge on any atom is 0.239 e. The molecule has 0 bridgehead atoms. The maximum atomic E-state index is 11.8. The van der Waals surface area contributed by atoms with E-state index in [-0.39, 0.29) is 12.5 Å². The van der Waals surface area contributed by atoms with E-state index in [1.165, 1.54) is 0 Å².